The molecule has 2 aromatic carbocycles. The van der Waals surface area contributed by atoms with Crippen LogP contribution in [0.5, 0.6) is 11.5 Å². The quantitative estimate of drug-likeness (QED) is 0.593. The fraction of sp³-hybridized carbons (Fsp3) is 0.364. The highest BCUT2D eigenvalue weighted by molar-refractivity contribution is 6.01. The van der Waals surface area contributed by atoms with Gasteiger partial charge in [0.1, 0.15) is 11.5 Å². The summed E-state index contributed by atoms with van der Waals surface area (Å²) in [7, 11) is 1.69. The van der Waals surface area contributed by atoms with Crippen molar-refractivity contribution in [2.75, 3.05) is 20.2 Å². The smallest absolute Gasteiger partial charge is 0.271 e. The lowest BCUT2D eigenvalue weighted by atomic mass is 10.0. The summed E-state index contributed by atoms with van der Waals surface area (Å²) in [5, 5.41) is 13.7. The largest absolute Gasteiger partial charge is 0.508 e. The number of methoxy groups -OCH3 is 1. The molecule has 0 saturated carbocycles. The molecule has 6 nitrogen and oxygen atoms in total. The number of carbonyl (C=O) groups is 1. The maximum absolute atomic E-state index is 12.2. The van der Waals surface area contributed by atoms with Crippen LogP contribution in [0.4, 0.5) is 0 Å². The van der Waals surface area contributed by atoms with Gasteiger partial charge in [-0.1, -0.05) is 12.5 Å². The molecule has 0 bridgehead atoms. The van der Waals surface area contributed by atoms with Crippen molar-refractivity contribution in [2.45, 2.75) is 32.7 Å². The Kier molecular flexibility index (Phi) is 6.66. The SMILES string of the molecule is COc1ccc(/C(C)=N\NC(=O)c2cccc(O)c2)cc1CN1CCCCC1. The minimum Gasteiger partial charge on any atom is -0.508 e. The molecule has 0 atom stereocenters. The number of aromatic hydroxyl groups is 1. The van der Waals surface area contributed by atoms with Crippen LogP contribution in [0.2, 0.25) is 0 Å². The van der Waals surface area contributed by atoms with Crippen molar-refractivity contribution >= 4 is 11.6 Å². The first-order valence-electron chi connectivity index (χ1n) is 9.60. The molecule has 1 heterocycles. The van der Waals surface area contributed by atoms with Gasteiger partial charge < -0.3 is 9.84 Å². The monoisotopic (exact) mass is 381 g/mol. The summed E-state index contributed by atoms with van der Waals surface area (Å²) in [6.45, 7) is 4.93. The molecule has 1 fully saturated rings. The first kappa shape index (κ1) is 19.9. The van der Waals surface area contributed by atoms with E-state index >= 15 is 0 Å². The topological polar surface area (TPSA) is 74.2 Å². The van der Waals surface area contributed by atoms with Crippen molar-refractivity contribution in [3.8, 4) is 11.5 Å². The van der Waals surface area contributed by atoms with Crippen LogP contribution in [0.15, 0.2) is 47.6 Å². The third kappa shape index (κ3) is 5.10. The second-order valence-electron chi connectivity index (χ2n) is 7.05. The van der Waals surface area contributed by atoms with Crippen LogP contribution in [-0.4, -0.2) is 41.8 Å². The van der Waals surface area contributed by atoms with Gasteiger partial charge in [0.05, 0.1) is 12.8 Å². The van der Waals surface area contributed by atoms with Crippen LogP contribution < -0.4 is 10.2 Å². The highest BCUT2D eigenvalue weighted by Gasteiger charge is 2.14. The Morgan fingerprint density at radius 2 is 1.93 bits per heavy atom. The van der Waals surface area contributed by atoms with E-state index in [1.54, 1.807) is 19.2 Å². The van der Waals surface area contributed by atoms with Gasteiger partial charge in [-0.05, 0) is 74.8 Å². The van der Waals surface area contributed by atoms with Crippen LogP contribution in [0.1, 0.15) is 47.7 Å². The number of nitrogens with zero attached hydrogens (tertiary/aromatic N) is 2. The first-order valence-corrected chi connectivity index (χ1v) is 9.60. The molecule has 0 spiro atoms. The van der Waals surface area contributed by atoms with E-state index in [0.717, 1.165) is 36.5 Å². The van der Waals surface area contributed by atoms with E-state index in [4.69, 9.17) is 4.74 Å². The number of hydrogen-bond donors (Lipinski definition) is 2. The van der Waals surface area contributed by atoms with E-state index < -0.39 is 0 Å². The molecule has 3 rings (SSSR count). The van der Waals surface area contributed by atoms with E-state index in [9.17, 15) is 9.90 Å². The summed E-state index contributed by atoms with van der Waals surface area (Å²) in [5.41, 5.74) is 5.67. The van der Waals surface area contributed by atoms with E-state index in [1.165, 1.54) is 31.4 Å². The predicted octanol–water partition coefficient (Wildman–Crippen LogP) is 3.54. The Morgan fingerprint density at radius 3 is 2.64 bits per heavy atom. The summed E-state index contributed by atoms with van der Waals surface area (Å²) in [6.07, 6.45) is 3.78. The van der Waals surface area contributed by atoms with Crippen molar-refractivity contribution in [2.24, 2.45) is 5.10 Å². The second kappa shape index (κ2) is 9.37. The molecule has 1 aliphatic rings. The number of nitrogens with one attached hydrogen (secondary N) is 1. The Bertz CT molecular complexity index is 858. The molecule has 2 aromatic rings. The molecule has 1 saturated heterocycles. The van der Waals surface area contributed by atoms with Crippen LogP contribution in [-0.2, 0) is 6.54 Å². The molecule has 6 heteroatoms. The van der Waals surface area contributed by atoms with Crippen molar-refractivity contribution in [1.29, 1.82) is 0 Å². The number of hydrazone groups is 1. The van der Waals surface area contributed by atoms with Crippen molar-refractivity contribution in [3.05, 3.63) is 59.2 Å². The average molecular weight is 381 g/mol. The Morgan fingerprint density at radius 1 is 1.14 bits per heavy atom. The number of rotatable bonds is 6. The number of phenols is 1. The number of phenolic OH excluding ortho intramolecular Hbond substituents is 1. The summed E-state index contributed by atoms with van der Waals surface area (Å²) in [4.78, 5) is 14.7. The molecule has 28 heavy (non-hydrogen) atoms. The fourth-order valence-corrected chi connectivity index (χ4v) is 3.40. The Labute approximate surface area is 165 Å². The molecular weight excluding hydrogens is 354 g/mol. The molecule has 1 aliphatic heterocycles. The lowest BCUT2D eigenvalue weighted by Gasteiger charge is -2.27. The lowest BCUT2D eigenvalue weighted by molar-refractivity contribution is 0.0954. The van der Waals surface area contributed by atoms with Gasteiger partial charge in [-0.25, -0.2) is 5.43 Å². The average Bonchev–Trinajstić information content (AvgIpc) is 2.72. The normalized spacial score (nSPS) is 15.3. The van der Waals surface area contributed by atoms with Crippen molar-refractivity contribution < 1.29 is 14.6 Å². The summed E-state index contributed by atoms with van der Waals surface area (Å²) < 4.78 is 5.53. The number of piperidine rings is 1. The highest BCUT2D eigenvalue weighted by Crippen LogP contribution is 2.23. The molecule has 148 valence electrons. The van der Waals surface area contributed by atoms with Crippen LogP contribution >= 0.6 is 0 Å². The van der Waals surface area contributed by atoms with E-state index in [2.05, 4.69) is 21.5 Å². The Hall–Kier alpha value is -2.86. The third-order valence-electron chi connectivity index (χ3n) is 4.97. The molecular formula is C22H27N3O3. The Balaban J connectivity index is 1.73. The van der Waals surface area contributed by atoms with E-state index in [1.807, 2.05) is 19.1 Å². The second-order valence-corrected chi connectivity index (χ2v) is 7.05. The molecule has 2 N–H and O–H groups in total. The van der Waals surface area contributed by atoms with Crippen molar-refractivity contribution in [3.63, 3.8) is 0 Å². The number of hydrogen-bond acceptors (Lipinski definition) is 5. The zero-order valence-corrected chi connectivity index (χ0v) is 16.4. The highest BCUT2D eigenvalue weighted by atomic mass is 16.5. The zero-order chi connectivity index (χ0) is 19.9. The lowest BCUT2D eigenvalue weighted by Crippen LogP contribution is -2.29. The van der Waals surface area contributed by atoms with Crippen LogP contribution in [0, 0.1) is 0 Å². The standard InChI is InChI=1S/C22H27N3O3/c1-16(23-24-22(27)18-7-6-8-20(26)14-18)17-9-10-21(28-2)19(13-17)15-25-11-4-3-5-12-25/h6-10,13-14,26H,3-5,11-12,15H2,1-2H3,(H,24,27)/b23-16-. The molecule has 0 aliphatic carbocycles. The maximum Gasteiger partial charge on any atom is 0.271 e. The van der Waals surface area contributed by atoms with Gasteiger partial charge in [-0.15, -0.1) is 0 Å². The maximum atomic E-state index is 12.2. The van der Waals surface area contributed by atoms with Gasteiger partial charge in [0.15, 0.2) is 0 Å². The van der Waals surface area contributed by atoms with E-state index in [0.29, 0.717) is 11.3 Å². The number of carbonyl (C=O) groups excluding carboxylic acids is 1. The molecule has 0 radical (unpaired) electrons. The van der Waals surface area contributed by atoms with Crippen LogP contribution in [0.25, 0.3) is 0 Å². The number of amides is 1. The van der Waals surface area contributed by atoms with Gasteiger partial charge in [0, 0.05) is 17.7 Å². The minimum atomic E-state index is -0.364. The summed E-state index contributed by atoms with van der Waals surface area (Å²) in [5.74, 6) is 0.550. The van der Waals surface area contributed by atoms with Crippen LogP contribution in [0.3, 0.4) is 0 Å². The number of likely N-dealkylation sites (tertiary alicyclic amines) is 1. The molecule has 0 aromatic heterocycles. The van der Waals surface area contributed by atoms with E-state index in [-0.39, 0.29) is 11.7 Å². The van der Waals surface area contributed by atoms with Gasteiger partial charge in [-0.2, -0.15) is 5.10 Å². The number of benzene rings is 2. The van der Waals surface area contributed by atoms with Gasteiger partial charge in [-0.3, -0.25) is 9.69 Å². The van der Waals surface area contributed by atoms with Gasteiger partial charge >= 0.3 is 0 Å². The minimum absolute atomic E-state index is 0.0471. The molecule has 0 unspecified atom stereocenters. The summed E-state index contributed by atoms with van der Waals surface area (Å²) in [6, 6.07) is 12.1. The van der Waals surface area contributed by atoms with Gasteiger partial charge in [0.25, 0.3) is 5.91 Å². The van der Waals surface area contributed by atoms with Crippen molar-refractivity contribution in [1.82, 2.24) is 10.3 Å². The molecule has 1 amide bonds. The zero-order valence-electron chi connectivity index (χ0n) is 16.4. The van der Waals surface area contributed by atoms with Gasteiger partial charge in [0.2, 0.25) is 0 Å². The third-order valence-corrected chi connectivity index (χ3v) is 4.97. The first-order chi connectivity index (χ1) is 13.6. The number of ether oxygens (including phenoxy) is 1. The summed E-state index contributed by atoms with van der Waals surface area (Å²) >= 11 is 0. The fourth-order valence-electron chi connectivity index (χ4n) is 3.40. The predicted molar refractivity (Wildman–Crippen MR) is 110 cm³/mol.